The van der Waals surface area contributed by atoms with Crippen LogP contribution in [0.15, 0.2) is 87.0 Å². The Labute approximate surface area is 292 Å². The number of aliphatic hydroxyl groups is 2. The first-order valence-corrected chi connectivity index (χ1v) is 16.6. The number of carbonyl (C=O) groups is 2. The van der Waals surface area contributed by atoms with Crippen LogP contribution in [0.3, 0.4) is 0 Å². The van der Waals surface area contributed by atoms with Gasteiger partial charge in [-0.25, -0.2) is 9.59 Å². The number of aliphatic hydroxyl groups excluding tert-OH is 2. The number of hydroxylamine groups is 2. The molecule has 0 bridgehead atoms. The molecule has 15 nitrogen and oxygen atoms in total. The van der Waals surface area contributed by atoms with Crippen molar-refractivity contribution in [1.82, 2.24) is 10.4 Å². The SMILES string of the molecule is CCCCCC1C2=NC=CC2=CN1O[C@@H]1[C@@H](Oc2ccc3c(=O)c(-c4ccc(O)cc4)coc3c2)O[C@@H](COC(=O)[C@H](NC)C(=O)O)[C@H](O)[C@H]1O. The molecular formula is C36H39N3O12. The third kappa shape index (κ3) is 7.52. The number of ether oxygens (including phenoxy) is 3. The monoisotopic (exact) mass is 705 g/mol. The maximum atomic E-state index is 13.4. The van der Waals surface area contributed by atoms with Crippen LogP contribution >= 0.6 is 0 Å². The molecule has 5 N–H and O–H groups in total. The van der Waals surface area contributed by atoms with Crippen molar-refractivity contribution in [2.75, 3.05) is 13.7 Å². The summed E-state index contributed by atoms with van der Waals surface area (Å²) < 4.78 is 23.2. The Balaban J connectivity index is 1.27. The van der Waals surface area contributed by atoms with Crippen LogP contribution in [0.1, 0.15) is 32.6 Å². The molecule has 0 aliphatic carbocycles. The number of esters is 1. The molecule has 1 unspecified atom stereocenters. The molecule has 3 aliphatic rings. The highest BCUT2D eigenvalue weighted by Crippen LogP contribution is 2.34. The van der Waals surface area contributed by atoms with Gasteiger partial charge >= 0.3 is 11.9 Å². The number of benzene rings is 2. The fourth-order valence-electron chi connectivity index (χ4n) is 6.19. The number of carbonyl (C=O) groups excluding carboxylic acids is 1. The molecule has 4 heterocycles. The predicted molar refractivity (Wildman–Crippen MR) is 182 cm³/mol. The van der Waals surface area contributed by atoms with Crippen LogP contribution < -0.4 is 15.5 Å². The number of phenols is 1. The molecule has 51 heavy (non-hydrogen) atoms. The lowest BCUT2D eigenvalue weighted by Gasteiger charge is -2.43. The van der Waals surface area contributed by atoms with Gasteiger partial charge in [0.05, 0.1) is 22.7 Å². The highest BCUT2D eigenvalue weighted by atomic mass is 16.8. The Morgan fingerprint density at radius 2 is 1.88 bits per heavy atom. The van der Waals surface area contributed by atoms with Gasteiger partial charge in [-0.15, -0.1) is 0 Å². The average molecular weight is 706 g/mol. The molecule has 2 aromatic carbocycles. The van der Waals surface area contributed by atoms with E-state index < -0.39 is 55.3 Å². The van der Waals surface area contributed by atoms with Gasteiger partial charge in [0, 0.05) is 24.0 Å². The molecule has 0 spiro atoms. The minimum Gasteiger partial charge on any atom is -0.508 e. The van der Waals surface area contributed by atoms with Crippen LogP contribution in [0.4, 0.5) is 0 Å². The molecule has 3 aromatic rings. The number of fused-ring (bicyclic) bond motifs is 2. The van der Waals surface area contributed by atoms with E-state index in [0.29, 0.717) is 12.0 Å². The van der Waals surface area contributed by atoms with Gasteiger partial charge in [0.1, 0.15) is 48.3 Å². The minimum absolute atomic E-state index is 0.0558. The second-order valence-corrected chi connectivity index (χ2v) is 12.4. The number of unbranched alkanes of at least 4 members (excludes halogenated alkanes) is 2. The van der Waals surface area contributed by atoms with Crippen molar-refractivity contribution < 1.29 is 53.5 Å². The van der Waals surface area contributed by atoms with Crippen LogP contribution in [0.25, 0.3) is 22.1 Å². The Morgan fingerprint density at radius 1 is 1.10 bits per heavy atom. The summed E-state index contributed by atoms with van der Waals surface area (Å²) in [5, 5.41) is 45.7. The van der Waals surface area contributed by atoms with Gasteiger partial charge in [-0.05, 0) is 49.4 Å². The molecule has 15 heteroatoms. The van der Waals surface area contributed by atoms with Gasteiger partial charge < -0.3 is 39.1 Å². The molecule has 1 aromatic heterocycles. The summed E-state index contributed by atoms with van der Waals surface area (Å²) in [5.74, 6) is -2.37. The number of nitrogens with zero attached hydrogens (tertiary/aromatic N) is 2. The summed E-state index contributed by atoms with van der Waals surface area (Å²) >= 11 is 0. The van der Waals surface area contributed by atoms with Crippen LogP contribution in [0.5, 0.6) is 11.5 Å². The van der Waals surface area contributed by atoms with Gasteiger partial charge in [-0.2, -0.15) is 0 Å². The highest BCUT2D eigenvalue weighted by Gasteiger charge is 2.50. The van der Waals surface area contributed by atoms with E-state index in [1.165, 1.54) is 43.6 Å². The number of carboxylic acid groups (broad SMARTS) is 1. The van der Waals surface area contributed by atoms with Gasteiger partial charge in [0.15, 0.2) is 11.5 Å². The Morgan fingerprint density at radius 3 is 2.61 bits per heavy atom. The number of rotatable bonds is 14. The smallest absolute Gasteiger partial charge is 0.334 e. The van der Waals surface area contributed by atoms with Crippen LogP contribution in [0, 0.1) is 0 Å². The maximum absolute atomic E-state index is 13.4. The number of aliphatic carboxylic acids is 1. The van der Waals surface area contributed by atoms with Crippen molar-refractivity contribution in [2.45, 2.75) is 75.4 Å². The van der Waals surface area contributed by atoms with E-state index in [1.807, 2.05) is 6.08 Å². The maximum Gasteiger partial charge on any atom is 0.334 e. The number of hydrogen-bond donors (Lipinski definition) is 5. The number of carboxylic acids is 1. The number of phenolic OH excluding ortho intramolecular Hbond substituents is 1. The van der Waals surface area contributed by atoms with E-state index in [2.05, 4.69) is 17.2 Å². The molecular weight excluding hydrogens is 666 g/mol. The number of nitrogens with one attached hydrogen (secondary N) is 1. The third-order valence-electron chi connectivity index (χ3n) is 8.96. The van der Waals surface area contributed by atoms with Gasteiger partial charge in [0.25, 0.3) is 0 Å². The zero-order valence-corrected chi connectivity index (χ0v) is 27.9. The Hall–Kier alpha value is -5.06. The van der Waals surface area contributed by atoms with E-state index in [1.54, 1.807) is 29.6 Å². The fourth-order valence-corrected chi connectivity index (χ4v) is 6.19. The first-order chi connectivity index (χ1) is 24.6. The fraction of sp³-hybridized carbons (Fsp3) is 0.389. The third-order valence-corrected chi connectivity index (χ3v) is 8.96. The first kappa shape index (κ1) is 35.8. The summed E-state index contributed by atoms with van der Waals surface area (Å²) in [4.78, 5) is 48.0. The van der Waals surface area contributed by atoms with Gasteiger partial charge in [-0.1, -0.05) is 38.3 Å². The first-order valence-electron chi connectivity index (χ1n) is 16.6. The molecule has 0 amide bonds. The molecule has 0 saturated carbocycles. The summed E-state index contributed by atoms with van der Waals surface area (Å²) in [6, 6.07) is 8.66. The molecule has 6 rings (SSSR count). The molecule has 1 saturated heterocycles. The summed E-state index contributed by atoms with van der Waals surface area (Å²) in [6.45, 7) is 1.48. The van der Waals surface area contributed by atoms with Crippen LogP contribution in [-0.2, 0) is 23.9 Å². The van der Waals surface area contributed by atoms with Crippen molar-refractivity contribution in [3.63, 3.8) is 0 Å². The second-order valence-electron chi connectivity index (χ2n) is 12.4. The molecule has 270 valence electrons. The molecule has 7 atom stereocenters. The minimum atomic E-state index is -1.66. The lowest BCUT2D eigenvalue weighted by Crippen LogP contribution is -2.62. The highest BCUT2D eigenvalue weighted by molar-refractivity contribution is 6.10. The van der Waals surface area contributed by atoms with Crippen molar-refractivity contribution in [3.8, 4) is 22.6 Å². The van der Waals surface area contributed by atoms with E-state index in [0.717, 1.165) is 30.5 Å². The number of allylic oxidation sites excluding steroid dienone is 1. The molecule has 3 aliphatic heterocycles. The largest absolute Gasteiger partial charge is 0.508 e. The second kappa shape index (κ2) is 15.4. The number of aromatic hydroxyl groups is 1. The van der Waals surface area contributed by atoms with Gasteiger partial charge in [-0.3, -0.25) is 25.0 Å². The van der Waals surface area contributed by atoms with E-state index >= 15 is 0 Å². The zero-order valence-electron chi connectivity index (χ0n) is 27.9. The van der Waals surface area contributed by atoms with E-state index in [9.17, 15) is 34.8 Å². The molecule has 0 radical (unpaired) electrons. The lowest BCUT2D eigenvalue weighted by molar-refractivity contribution is -0.330. The van der Waals surface area contributed by atoms with Gasteiger partial charge in [0.2, 0.25) is 12.3 Å². The normalized spacial score (nSPS) is 24.6. The van der Waals surface area contributed by atoms with Crippen molar-refractivity contribution in [1.29, 1.82) is 0 Å². The zero-order chi connectivity index (χ0) is 36.2. The lowest BCUT2D eigenvalue weighted by atomic mass is 9.99. The van der Waals surface area contributed by atoms with Crippen molar-refractivity contribution >= 4 is 28.6 Å². The summed E-state index contributed by atoms with van der Waals surface area (Å²) in [6.07, 6.45) is 2.83. The number of hydrogen-bond acceptors (Lipinski definition) is 14. The summed E-state index contributed by atoms with van der Waals surface area (Å²) in [7, 11) is 1.28. The average Bonchev–Trinajstić information content (AvgIpc) is 3.70. The van der Waals surface area contributed by atoms with Crippen molar-refractivity contribution in [2.24, 2.45) is 4.99 Å². The predicted octanol–water partition coefficient (Wildman–Crippen LogP) is 2.62. The topological polar surface area (TPSA) is 210 Å². The van der Waals surface area contributed by atoms with Crippen molar-refractivity contribution in [3.05, 3.63) is 83.0 Å². The standard InChI is InChI=1S/C36H39N3O12/c1-3-4-5-6-25-28-20(13-14-38-28)16-39(25)51-33-32(43)31(42)27(18-48-35(46)29(37-2)34(44)45)50-36(33)49-22-11-12-23-26(15-22)47-17-24(30(23)41)19-7-9-21(40)10-8-19/h7-17,25,27,29,31-33,36-37,40,42-43H,3-6,18H2,1-2H3,(H,44,45)/t25?,27-,29+,31-,32+,33-,36-/m0/s1. The number of aliphatic imine (C=N–C) groups is 1. The Bertz CT molecular complexity index is 1910. The van der Waals surface area contributed by atoms with E-state index in [-0.39, 0.29) is 39.5 Å². The molecule has 1 fully saturated rings. The number of likely N-dealkylation sites (N-methyl/N-ethyl adjacent to an activating group) is 1. The quantitative estimate of drug-likeness (QED) is 0.0928. The Kier molecular flexibility index (Phi) is 10.8. The summed E-state index contributed by atoms with van der Waals surface area (Å²) in [5.41, 5.74) is 2.37. The van der Waals surface area contributed by atoms with Crippen LogP contribution in [0.2, 0.25) is 0 Å². The van der Waals surface area contributed by atoms with Crippen LogP contribution in [-0.4, -0.2) is 99.6 Å². The van der Waals surface area contributed by atoms with E-state index in [4.69, 9.17) is 23.5 Å².